The zero-order chi connectivity index (χ0) is 20.0. The molecule has 28 heavy (non-hydrogen) atoms. The predicted octanol–water partition coefficient (Wildman–Crippen LogP) is 2.72. The molecule has 148 valence electrons. The Balaban J connectivity index is 1.73. The van der Waals surface area contributed by atoms with E-state index in [0.717, 1.165) is 19.3 Å². The largest absolute Gasteiger partial charge is 0.439 e. The number of carbonyl (C=O) groups excluding carboxylic acids is 1. The molecule has 1 fully saturated rings. The van der Waals surface area contributed by atoms with Crippen molar-refractivity contribution >= 4 is 15.9 Å². The summed E-state index contributed by atoms with van der Waals surface area (Å²) in [5, 5.41) is 2.81. The third kappa shape index (κ3) is 4.96. The zero-order valence-corrected chi connectivity index (χ0v) is 16.3. The summed E-state index contributed by atoms with van der Waals surface area (Å²) < 4.78 is 33.1. The van der Waals surface area contributed by atoms with Gasteiger partial charge in [-0.25, -0.2) is 13.4 Å². The van der Waals surface area contributed by atoms with Gasteiger partial charge in [-0.1, -0.05) is 19.1 Å². The Hall–Kier alpha value is -2.71. The molecule has 1 amide bonds. The highest BCUT2D eigenvalue weighted by molar-refractivity contribution is 7.89. The molecule has 3 rings (SSSR count). The van der Waals surface area contributed by atoms with Crippen molar-refractivity contribution in [2.45, 2.75) is 30.2 Å². The lowest BCUT2D eigenvalue weighted by atomic mass is 10.1. The second-order valence-electron chi connectivity index (χ2n) is 6.51. The van der Waals surface area contributed by atoms with E-state index in [4.69, 9.17) is 4.74 Å². The maximum Gasteiger partial charge on any atom is 0.243 e. The van der Waals surface area contributed by atoms with Crippen LogP contribution < -0.4 is 10.1 Å². The number of hydrogen-bond acceptors (Lipinski definition) is 5. The van der Waals surface area contributed by atoms with Crippen molar-refractivity contribution in [2.24, 2.45) is 0 Å². The van der Waals surface area contributed by atoms with Gasteiger partial charge in [0.2, 0.25) is 21.8 Å². The standard InChI is InChI=1S/C20H23N3O4S/c1-2-19(24)22-16-7-4-6-14-23(15-16)28(25,26)18-11-9-17(10-12-18)27-20-8-3-5-13-21-20/h2-3,5,8-13,16H,1,4,6-7,14-15H2,(H,22,24). The van der Waals surface area contributed by atoms with Crippen LogP contribution in [0.25, 0.3) is 0 Å². The van der Waals surface area contributed by atoms with Gasteiger partial charge in [-0.05, 0) is 49.2 Å². The van der Waals surface area contributed by atoms with Crippen molar-refractivity contribution in [3.63, 3.8) is 0 Å². The average molecular weight is 401 g/mol. The number of amides is 1. The molecular formula is C20H23N3O4S. The second kappa shape index (κ2) is 8.99. The van der Waals surface area contributed by atoms with Crippen molar-refractivity contribution in [1.29, 1.82) is 0 Å². The lowest BCUT2D eigenvalue weighted by Crippen LogP contribution is -2.44. The van der Waals surface area contributed by atoms with Crippen molar-refractivity contribution in [1.82, 2.24) is 14.6 Å². The van der Waals surface area contributed by atoms with Crippen LogP contribution in [0.4, 0.5) is 0 Å². The van der Waals surface area contributed by atoms with Gasteiger partial charge in [-0.2, -0.15) is 4.31 Å². The topological polar surface area (TPSA) is 88.6 Å². The van der Waals surface area contributed by atoms with Crippen LogP contribution in [-0.2, 0) is 14.8 Å². The van der Waals surface area contributed by atoms with Gasteiger partial charge in [-0.15, -0.1) is 0 Å². The van der Waals surface area contributed by atoms with Crippen molar-refractivity contribution in [3.8, 4) is 11.6 Å². The molecule has 1 atom stereocenters. The van der Waals surface area contributed by atoms with Gasteiger partial charge in [0, 0.05) is 31.4 Å². The minimum atomic E-state index is -3.67. The summed E-state index contributed by atoms with van der Waals surface area (Å²) in [5.41, 5.74) is 0. The van der Waals surface area contributed by atoms with Crippen LogP contribution in [0.2, 0.25) is 0 Å². The Morgan fingerprint density at radius 2 is 2.00 bits per heavy atom. The van der Waals surface area contributed by atoms with E-state index in [-0.39, 0.29) is 23.4 Å². The van der Waals surface area contributed by atoms with E-state index in [1.165, 1.54) is 22.5 Å². The van der Waals surface area contributed by atoms with Gasteiger partial charge in [0.15, 0.2) is 0 Å². The highest BCUT2D eigenvalue weighted by Gasteiger charge is 2.29. The lowest BCUT2D eigenvalue weighted by Gasteiger charge is -2.24. The minimum Gasteiger partial charge on any atom is -0.439 e. The molecule has 1 unspecified atom stereocenters. The minimum absolute atomic E-state index is 0.191. The maximum atomic E-state index is 13.1. The van der Waals surface area contributed by atoms with E-state index >= 15 is 0 Å². The number of hydrogen-bond donors (Lipinski definition) is 1. The van der Waals surface area contributed by atoms with Crippen LogP contribution in [-0.4, -0.2) is 42.7 Å². The first kappa shape index (κ1) is 20.0. The summed E-state index contributed by atoms with van der Waals surface area (Å²) in [6, 6.07) is 11.4. The van der Waals surface area contributed by atoms with Crippen LogP contribution in [0.5, 0.6) is 11.6 Å². The molecule has 1 saturated heterocycles. The van der Waals surface area contributed by atoms with E-state index < -0.39 is 10.0 Å². The van der Waals surface area contributed by atoms with E-state index in [1.54, 1.807) is 30.5 Å². The molecule has 1 aliphatic rings. The molecule has 0 bridgehead atoms. The van der Waals surface area contributed by atoms with Gasteiger partial charge >= 0.3 is 0 Å². The summed E-state index contributed by atoms with van der Waals surface area (Å²) in [6.07, 6.45) is 5.16. The molecule has 0 aliphatic carbocycles. The number of aromatic nitrogens is 1. The molecule has 0 spiro atoms. The Morgan fingerprint density at radius 1 is 1.21 bits per heavy atom. The third-order valence-corrected chi connectivity index (χ3v) is 6.37. The highest BCUT2D eigenvalue weighted by atomic mass is 32.2. The van der Waals surface area contributed by atoms with Crippen molar-refractivity contribution in [2.75, 3.05) is 13.1 Å². The van der Waals surface area contributed by atoms with Gasteiger partial charge in [0.25, 0.3) is 0 Å². The van der Waals surface area contributed by atoms with E-state index in [2.05, 4.69) is 16.9 Å². The molecule has 2 aromatic rings. The first-order chi connectivity index (χ1) is 13.5. The summed E-state index contributed by atoms with van der Waals surface area (Å²) >= 11 is 0. The fourth-order valence-corrected chi connectivity index (χ4v) is 4.58. The quantitative estimate of drug-likeness (QED) is 0.752. The lowest BCUT2D eigenvalue weighted by molar-refractivity contribution is -0.117. The predicted molar refractivity (Wildman–Crippen MR) is 105 cm³/mol. The summed E-state index contributed by atoms with van der Waals surface area (Å²) in [5.74, 6) is 0.649. The van der Waals surface area contributed by atoms with Crippen LogP contribution in [0.3, 0.4) is 0 Å². The molecule has 0 radical (unpaired) electrons. The highest BCUT2D eigenvalue weighted by Crippen LogP contribution is 2.24. The molecule has 0 saturated carbocycles. The Bertz CT molecular complexity index is 914. The van der Waals surface area contributed by atoms with E-state index in [0.29, 0.717) is 18.2 Å². The van der Waals surface area contributed by atoms with Crippen molar-refractivity contribution < 1.29 is 17.9 Å². The Labute approximate surface area is 165 Å². The molecule has 7 nitrogen and oxygen atoms in total. The second-order valence-corrected chi connectivity index (χ2v) is 8.45. The van der Waals surface area contributed by atoms with Crippen LogP contribution in [0.1, 0.15) is 19.3 Å². The summed E-state index contributed by atoms with van der Waals surface area (Å²) in [7, 11) is -3.67. The normalized spacial score (nSPS) is 18.1. The average Bonchev–Trinajstić information content (AvgIpc) is 2.95. The number of carbonyl (C=O) groups is 1. The molecular weight excluding hydrogens is 378 g/mol. The first-order valence-electron chi connectivity index (χ1n) is 9.11. The number of rotatable bonds is 6. The van der Waals surface area contributed by atoms with Gasteiger partial charge < -0.3 is 10.1 Å². The maximum absolute atomic E-state index is 13.1. The Morgan fingerprint density at radius 3 is 2.68 bits per heavy atom. The molecule has 1 aromatic heterocycles. The number of sulfonamides is 1. The number of nitrogens with zero attached hydrogens (tertiary/aromatic N) is 2. The van der Waals surface area contributed by atoms with E-state index in [9.17, 15) is 13.2 Å². The van der Waals surface area contributed by atoms with Crippen LogP contribution in [0.15, 0.2) is 66.2 Å². The smallest absolute Gasteiger partial charge is 0.243 e. The number of benzene rings is 1. The van der Waals surface area contributed by atoms with Crippen LogP contribution >= 0.6 is 0 Å². The van der Waals surface area contributed by atoms with E-state index in [1.807, 2.05) is 6.07 Å². The fourth-order valence-electron chi connectivity index (χ4n) is 3.06. The van der Waals surface area contributed by atoms with Gasteiger partial charge in [0.1, 0.15) is 5.75 Å². The monoisotopic (exact) mass is 401 g/mol. The van der Waals surface area contributed by atoms with Gasteiger partial charge in [-0.3, -0.25) is 4.79 Å². The summed E-state index contributed by atoms with van der Waals surface area (Å²) in [4.78, 5) is 15.9. The molecule has 1 aromatic carbocycles. The SMILES string of the molecule is C=CC(=O)NC1CCCCN(S(=O)(=O)c2ccc(Oc3ccccn3)cc2)C1. The molecule has 2 heterocycles. The van der Waals surface area contributed by atoms with Gasteiger partial charge in [0.05, 0.1) is 4.90 Å². The first-order valence-corrected chi connectivity index (χ1v) is 10.5. The van der Waals surface area contributed by atoms with Crippen LogP contribution in [0, 0.1) is 0 Å². The number of nitrogens with one attached hydrogen (secondary N) is 1. The number of pyridine rings is 1. The van der Waals surface area contributed by atoms with Crippen molar-refractivity contribution in [3.05, 3.63) is 61.3 Å². The molecule has 1 N–H and O–H groups in total. The third-order valence-electron chi connectivity index (χ3n) is 4.49. The molecule has 8 heteroatoms. The fraction of sp³-hybridized carbons (Fsp3) is 0.300. The Kier molecular flexibility index (Phi) is 6.43. The number of ether oxygens (including phenoxy) is 1. The molecule has 1 aliphatic heterocycles. The summed E-state index contributed by atoms with van der Waals surface area (Å²) in [6.45, 7) is 4.11. The zero-order valence-electron chi connectivity index (χ0n) is 15.5.